The van der Waals surface area contributed by atoms with Crippen LogP contribution in [-0.4, -0.2) is 46.1 Å². The first-order chi connectivity index (χ1) is 14.0. The van der Waals surface area contributed by atoms with E-state index in [9.17, 15) is 9.90 Å². The van der Waals surface area contributed by atoms with Gasteiger partial charge in [0.25, 0.3) is 0 Å². The molecule has 0 fully saturated rings. The number of aromatic nitrogens is 3. The van der Waals surface area contributed by atoms with Crippen LogP contribution >= 0.6 is 22.9 Å². The zero-order valence-corrected chi connectivity index (χ0v) is 16.9. The standard InChI is InChI=1S/C19H16ClN3O5S/c1-26-4-5-27-18-7-11-6-13(19(24)25)23(14(11)9-21-18)10-12-8-15(28-22-12)16-2-3-17(20)29-16/h2-3,6-9H,4-5,10H2,1H3,(H,24,25). The summed E-state index contributed by atoms with van der Waals surface area (Å²) in [6.45, 7) is 1.01. The molecular weight excluding hydrogens is 418 g/mol. The number of nitrogens with zero attached hydrogens (tertiary/aromatic N) is 3. The van der Waals surface area contributed by atoms with Crippen LogP contribution < -0.4 is 4.74 Å². The lowest BCUT2D eigenvalue weighted by Crippen LogP contribution is -2.09. The first kappa shape index (κ1) is 19.4. The van der Waals surface area contributed by atoms with E-state index in [0.717, 1.165) is 4.88 Å². The van der Waals surface area contributed by atoms with Crippen LogP contribution in [0.1, 0.15) is 16.2 Å². The molecule has 0 unspecified atom stereocenters. The summed E-state index contributed by atoms with van der Waals surface area (Å²) >= 11 is 7.35. The third kappa shape index (κ3) is 4.12. The number of carboxylic acid groups (broad SMARTS) is 1. The van der Waals surface area contributed by atoms with E-state index in [4.69, 9.17) is 25.6 Å². The molecule has 4 aromatic heterocycles. The number of methoxy groups -OCH3 is 1. The van der Waals surface area contributed by atoms with Gasteiger partial charge in [-0.1, -0.05) is 16.8 Å². The van der Waals surface area contributed by atoms with Crippen LogP contribution in [0.25, 0.3) is 21.5 Å². The van der Waals surface area contributed by atoms with E-state index in [0.29, 0.717) is 45.8 Å². The summed E-state index contributed by atoms with van der Waals surface area (Å²) in [5.74, 6) is -0.0593. The largest absolute Gasteiger partial charge is 0.477 e. The number of aromatic carboxylic acids is 1. The molecule has 0 spiro atoms. The lowest BCUT2D eigenvalue weighted by atomic mass is 10.3. The zero-order valence-electron chi connectivity index (χ0n) is 15.3. The Morgan fingerprint density at radius 2 is 2.17 bits per heavy atom. The number of fused-ring (bicyclic) bond motifs is 1. The number of carbonyl (C=O) groups is 1. The lowest BCUT2D eigenvalue weighted by molar-refractivity contribution is 0.0686. The molecule has 0 saturated carbocycles. The summed E-state index contributed by atoms with van der Waals surface area (Å²) in [7, 11) is 1.58. The molecule has 4 rings (SSSR count). The minimum atomic E-state index is -1.04. The van der Waals surface area contributed by atoms with Gasteiger partial charge in [0.2, 0.25) is 5.88 Å². The van der Waals surface area contributed by atoms with Gasteiger partial charge in [-0.2, -0.15) is 0 Å². The first-order valence-corrected chi connectivity index (χ1v) is 9.80. The van der Waals surface area contributed by atoms with Crippen molar-refractivity contribution in [1.82, 2.24) is 14.7 Å². The van der Waals surface area contributed by atoms with Gasteiger partial charge < -0.3 is 23.7 Å². The molecule has 8 nitrogen and oxygen atoms in total. The Kier molecular flexibility index (Phi) is 5.52. The van der Waals surface area contributed by atoms with Crippen LogP contribution in [0.5, 0.6) is 5.88 Å². The highest BCUT2D eigenvalue weighted by atomic mass is 35.5. The molecule has 10 heteroatoms. The summed E-state index contributed by atoms with van der Waals surface area (Å²) in [6, 6.07) is 8.69. The van der Waals surface area contributed by atoms with Crippen LogP contribution in [0.15, 0.2) is 41.1 Å². The van der Waals surface area contributed by atoms with E-state index >= 15 is 0 Å². The Hall–Kier alpha value is -2.88. The summed E-state index contributed by atoms with van der Waals surface area (Å²) in [6.07, 6.45) is 1.59. The summed E-state index contributed by atoms with van der Waals surface area (Å²) in [4.78, 5) is 16.9. The number of ether oxygens (including phenoxy) is 2. The van der Waals surface area contributed by atoms with Crippen LogP contribution in [0.2, 0.25) is 4.34 Å². The summed E-state index contributed by atoms with van der Waals surface area (Å²) in [5, 5.41) is 14.4. The van der Waals surface area contributed by atoms with Gasteiger partial charge in [0.15, 0.2) is 5.76 Å². The van der Waals surface area contributed by atoms with E-state index < -0.39 is 5.97 Å². The van der Waals surface area contributed by atoms with Crippen LogP contribution in [0.3, 0.4) is 0 Å². The van der Waals surface area contributed by atoms with Crippen molar-refractivity contribution in [1.29, 1.82) is 0 Å². The highest BCUT2D eigenvalue weighted by Crippen LogP contribution is 2.32. The second-order valence-corrected chi connectivity index (χ2v) is 7.84. The van der Waals surface area contributed by atoms with E-state index in [1.54, 1.807) is 42.1 Å². The molecule has 4 heterocycles. The SMILES string of the molecule is COCCOc1cc2cc(C(=O)O)n(Cc3cc(-c4ccc(Cl)s4)on3)c2cn1. The Morgan fingerprint density at radius 3 is 2.90 bits per heavy atom. The number of hydrogen-bond acceptors (Lipinski definition) is 7. The van der Waals surface area contributed by atoms with Crippen molar-refractivity contribution in [3.8, 4) is 16.5 Å². The fourth-order valence-corrected chi connectivity index (χ4v) is 3.90. The zero-order chi connectivity index (χ0) is 20.4. The molecular formula is C19H16ClN3O5S. The molecule has 150 valence electrons. The van der Waals surface area contributed by atoms with Crippen LogP contribution in [0.4, 0.5) is 0 Å². The Labute approximate surface area is 174 Å². The first-order valence-electron chi connectivity index (χ1n) is 8.61. The van der Waals surface area contributed by atoms with Gasteiger partial charge in [-0.3, -0.25) is 0 Å². The average molecular weight is 434 g/mol. The maximum absolute atomic E-state index is 11.8. The van der Waals surface area contributed by atoms with Crippen molar-refractivity contribution in [3.05, 3.63) is 52.3 Å². The van der Waals surface area contributed by atoms with Crippen molar-refractivity contribution in [2.24, 2.45) is 0 Å². The van der Waals surface area contributed by atoms with Crippen molar-refractivity contribution in [2.75, 3.05) is 20.3 Å². The molecule has 0 amide bonds. The van der Waals surface area contributed by atoms with E-state index in [-0.39, 0.29) is 12.2 Å². The molecule has 1 N–H and O–H groups in total. The number of halogens is 1. The maximum Gasteiger partial charge on any atom is 0.352 e. The number of carboxylic acids is 1. The highest BCUT2D eigenvalue weighted by molar-refractivity contribution is 7.19. The topological polar surface area (TPSA) is 99.6 Å². The van der Waals surface area contributed by atoms with E-state index in [1.807, 2.05) is 6.07 Å². The smallest absolute Gasteiger partial charge is 0.352 e. The monoisotopic (exact) mass is 433 g/mol. The second kappa shape index (κ2) is 8.24. The van der Waals surface area contributed by atoms with Gasteiger partial charge >= 0.3 is 5.97 Å². The molecule has 29 heavy (non-hydrogen) atoms. The molecule has 0 aliphatic rings. The molecule has 4 aromatic rings. The average Bonchev–Trinajstić information content (AvgIpc) is 3.41. The van der Waals surface area contributed by atoms with Crippen molar-refractivity contribution >= 4 is 39.8 Å². The minimum Gasteiger partial charge on any atom is -0.477 e. The number of pyridine rings is 1. The fraction of sp³-hybridized carbons (Fsp3) is 0.211. The Bertz CT molecular complexity index is 1170. The van der Waals surface area contributed by atoms with Gasteiger partial charge in [0.05, 0.1) is 34.1 Å². The van der Waals surface area contributed by atoms with E-state index in [2.05, 4.69) is 10.1 Å². The highest BCUT2D eigenvalue weighted by Gasteiger charge is 2.18. The molecule has 0 saturated heterocycles. The predicted octanol–water partition coefficient (Wildman–Crippen LogP) is 4.18. The van der Waals surface area contributed by atoms with Gasteiger partial charge in [-0.05, 0) is 18.2 Å². The summed E-state index contributed by atoms with van der Waals surface area (Å²) < 4.78 is 18.1. The third-order valence-corrected chi connectivity index (χ3v) is 5.46. The third-order valence-electron chi connectivity index (χ3n) is 4.21. The van der Waals surface area contributed by atoms with Crippen molar-refractivity contribution in [2.45, 2.75) is 6.54 Å². The quantitative estimate of drug-likeness (QED) is 0.416. The van der Waals surface area contributed by atoms with Crippen molar-refractivity contribution in [3.63, 3.8) is 0 Å². The predicted molar refractivity (Wildman–Crippen MR) is 108 cm³/mol. The maximum atomic E-state index is 11.8. The van der Waals surface area contributed by atoms with Crippen LogP contribution in [-0.2, 0) is 11.3 Å². The lowest BCUT2D eigenvalue weighted by Gasteiger charge is -2.07. The number of thiophene rings is 1. The van der Waals surface area contributed by atoms with Gasteiger partial charge in [-0.25, -0.2) is 9.78 Å². The fourth-order valence-electron chi connectivity index (χ4n) is 2.91. The molecule has 0 radical (unpaired) electrons. The van der Waals surface area contributed by atoms with Crippen LogP contribution in [0, 0.1) is 0 Å². The Balaban J connectivity index is 1.64. The molecule has 0 aliphatic heterocycles. The number of rotatable bonds is 8. The van der Waals surface area contributed by atoms with Crippen molar-refractivity contribution < 1.29 is 23.9 Å². The minimum absolute atomic E-state index is 0.125. The molecule has 0 bridgehead atoms. The Morgan fingerprint density at radius 1 is 1.31 bits per heavy atom. The van der Waals surface area contributed by atoms with Gasteiger partial charge in [0, 0.05) is 24.6 Å². The molecule has 0 aromatic carbocycles. The summed E-state index contributed by atoms with van der Waals surface area (Å²) in [5.41, 5.74) is 1.37. The molecule has 0 aliphatic carbocycles. The second-order valence-electron chi connectivity index (χ2n) is 6.13. The number of hydrogen-bond donors (Lipinski definition) is 1. The normalized spacial score (nSPS) is 11.2. The van der Waals surface area contributed by atoms with Gasteiger partial charge in [-0.15, -0.1) is 11.3 Å². The molecule has 0 atom stereocenters. The van der Waals surface area contributed by atoms with E-state index in [1.165, 1.54) is 11.3 Å². The van der Waals surface area contributed by atoms with Gasteiger partial charge in [0.1, 0.15) is 18.0 Å².